The highest BCUT2D eigenvalue weighted by Gasteiger charge is 2.11. The second kappa shape index (κ2) is 8.38. The monoisotopic (exact) mass is 326 g/mol. The van der Waals surface area contributed by atoms with Gasteiger partial charge in [-0.3, -0.25) is 9.59 Å². The third-order valence-corrected chi connectivity index (χ3v) is 3.19. The van der Waals surface area contributed by atoms with Crippen molar-refractivity contribution in [2.75, 3.05) is 11.9 Å². The van der Waals surface area contributed by atoms with E-state index in [4.69, 9.17) is 16.7 Å². The Kier molecular flexibility index (Phi) is 6.85. The van der Waals surface area contributed by atoms with Crippen molar-refractivity contribution in [2.45, 2.75) is 26.7 Å². The second-order valence-corrected chi connectivity index (χ2v) is 5.66. The molecule has 0 radical (unpaired) electrons. The van der Waals surface area contributed by atoms with Crippen molar-refractivity contribution in [3.8, 4) is 0 Å². The molecule has 0 bridgehead atoms. The van der Waals surface area contributed by atoms with Gasteiger partial charge in [0, 0.05) is 12.1 Å². The number of rotatable bonds is 7. The fourth-order valence-electron chi connectivity index (χ4n) is 1.66. The lowest BCUT2D eigenvalue weighted by Gasteiger charge is -2.09. The average molecular weight is 327 g/mol. The Balaban J connectivity index is 2.47. The molecule has 0 saturated carbocycles. The second-order valence-electron chi connectivity index (χ2n) is 5.26. The van der Waals surface area contributed by atoms with E-state index in [1.165, 1.54) is 18.2 Å². The highest BCUT2D eigenvalue weighted by Crippen LogP contribution is 2.20. The van der Waals surface area contributed by atoms with Crippen LogP contribution in [0.5, 0.6) is 0 Å². The van der Waals surface area contributed by atoms with Gasteiger partial charge in [0.1, 0.15) is 0 Å². The van der Waals surface area contributed by atoms with Gasteiger partial charge in [-0.25, -0.2) is 4.79 Å². The van der Waals surface area contributed by atoms with Crippen LogP contribution in [0.3, 0.4) is 0 Å². The predicted octanol–water partition coefficient (Wildman–Crippen LogP) is 2.53. The number of hydrogen-bond donors (Lipinski definition) is 3. The van der Waals surface area contributed by atoms with Crippen LogP contribution in [0.25, 0.3) is 0 Å². The standard InChI is InChI=1S/C15H19ClN2O4/c1-9(2)3-6-13(19)17-8-14(20)18-10-4-5-11(15(21)22)12(16)7-10/h4-5,7,9H,3,6,8H2,1-2H3,(H,17,19)(H,18,20)(H,21,22). The molecule has 1 aromatic rings. The molecule has 0 heterocycles. The first-order chi connectivity index (χ1) is 10.3. The first-order valence-electron chi connectivity index (χ1n) is 6.89. The highest BCUT2D eigenvalue weighted by molar-refractivity contribution is 6.33. The molecule has 0 aliphatic carbocycles. The number of amides is 2. The van der Waals surface area contributed by atoms with Crippen LogP contribution >= 0.6 is 11.6 Å². The summed E-state index contributed by atoms with van der Waals surface area (Å²) in [4.78, 5) is 34.0. The Morgan fingerprint density at radius 1 is 1.23 bits per heavy atom. The molecule has 0 atom stereocenters. The van der Waals surface area contributed by atoms with E-state index in [0.29, 0.717) is 18.0 Å². The van der Waals surface area contributed by atoms with Gasteiger partial charge in [0.25, 0.3) is 0 Å². The summed E-state index contributed by atoms with van der Waals surface area (Å²) in [5, 5.41) is 13.9. The lowest BCUT2D eigenvalue weighted by Crippen LogP contribution is -2.32. The number of anilines is 1. The maximum atomic E-state index is 11.7. The molecule has 22 heavy (non-hydrogen) atoms. The van der Waals surface area contributed by atoms with Gasteiger partial charge in [0.15, 0.2) is 0 Å². The summed E-state index contributed by atoms with van der Waals surface area (Å²) in [6, 6.07) is 4.10. The molecule has 0 aromatic heterocycles. The molecule has 0 saturated heterocycles. The van der Waals surface area contributed by atoms with Crippen LogP contribution in [-0.2, 0) is 9.59 Å². The minimum absolute atomic E-state index is 0.0336. The highest BCUT2D eigenvalue weighted by atomic mass is 35.5. The molecule has 6 nitrogen and oxygen atoms in total. The smallest absolute Gasteiger partial charge is 0.337 e. The fraction of sp³-hybridized carbons (Fsp3) is 0.400. The van der Waals surface area contributed by atoms with Crippen molar-refractivity contribution in [2.24, 2.45) is 5.92 Å². The molecule has 0 fully saturated rings. The van der Waals surface area contributed by atoms with Crippen molar-refractivity contribution in [3.05, 3.63) is 28.8 Å². The number of halogens is 1. The van der Waals surface area contributed by atoms with E-state index < -0.39 is 11.9 Å². The maximum absolute atomic E-state index is 11.7. The number of carbonyl (C=O) groups is 3. The number of carboxylic acid groups (broad SMARTS) is 1. The van der Waals surface area contributed by atoms with Crippen LogP contribution in [0.15, 0.2) is 18.2 Å². The summed E-state index contributed by atoms with van der Waals surface area (Å²) in [6.07, 6.45) is 1.14. The zero-order chi connectivity index (χ0) is 16.7. The first-order valence-corrected chi connectivity index (χ1v) is 7.26. The lowest BCUT2D eigenvalue weighted by atomic mass is 10.1. The first kappa shape index (κ1) is 18.0. The zero-order valence-corrected chi connectivity index (χ0v) is 13.2. The van der Waals surface area contributed by atoms with Crippen molar-refractivity contribution in [1.82, 2.24) is 5.32 Å². The van der Waals surface area contributed by atoms with Gasteiger partial charge in [0.05, 0.1) is 17.1 Å². The number of benzene rings is 1. The van der Waals surface area contributed by atoms with Gasteiger partial charge >= 0.3 is 5.97 Å². The largest absolute Gasteiger partial charge is 0.478 e. The fourth-order valence-corrected chi connectivity index (χ4v) is 1.92. The molecule has 2 amide bonds. The number of aromatic carboxylic acids is 1. The van der Waals surface area contributed by atoms with Crippen LogP contribution in [0, 0.1) is 5.92 Å². The van der Waals surface area contributed by atoms with Crippen molar-refractivity contribution in [1.29, 1.82) is 0 Å². The summed E-state index contributed by atoms with van der Waals surface area (Å²) < 4.78 is 0. The lowest BCUT2D eigenvalue weighted by molar-refractivity contribution is -0.124. The van der Waals surface area contributed by atoms with Crippen molar-refractivity contribution < 1.29 is 19.5 Å². The Hall–Kier alpha value is -2.08. The SMILES string of the molecule is CC(C)CCC(=O)NCC(=O)Nc1ccc(C(=O)O)c(Cl)c1. The molecule has 0 spiro atoms. The Morgan fingerprint density at radius 2 is 1.91 bits per heavy atom. The topological polar surface area (TPSA) is 95.5 Å². The molecule has 120 valence electrons. The number of nitrogens with one attached hydrogen (secondary N) is 2. The van der Waals surface area contributed by atoms with Gasteiger partial charge in [-0.2, -0.15) is 0 Å². The molecule has 1 aromatic carbocycles. The number of carboxylic acids is 1. The molecular formula is C15H19ClN2O4. The number of hydrogen-bond acceptors (Lipinski definition) is 3. The number of carbonyl (C=O) groups excluding carboxylic acids is 2. The molecule has 7 heteroatoms. The van der Waals surface area contributed by atoms with Crippen molar-refractivity contribution in [3.63, 3.8) is 0 Å². The summed E-state index contributed by atoms with van der Waals surface area (Å²) in [5.74, 6) is -1.30. The summed E-state index contributed by atoms with van der Waals surface area (Å²) in [7, 11) is 0. The average Bonchev–Trinajstić information content (AvgIpc) is 2.42. The van der Waals surface area contributed by atoms with Crippen LogP contribution in [-0.4, -0.2) is 29.4 Å². The van der Waals surface area contributed by atoms with Gasteiger partial charge in [-0.1, -0.05) is 25.4 Å². The minimum atomic E-state index is -1.14. The van der Waals surface area contributed by atoms with E-state index in [2.05, 4.69) is 10.6 Å². The van der Waals surface area contributed by atoms with E-state index in [1.807, 2.05) is 13.8 Å². The molecule has 0 aliphatic heterocycles. The van der Waals surface area contributed by atoms with Gasteiger partial charge < -0.3 is 15.7 Å². The van der Waals surface area contributed by atoms with Gasteiger partial charge in [-0.15, -0.1) is 0 Å². The Bertz CT molecular complexity index is 573. The summed E-state index contributed by atoms with van der Waals surface area (Å²) in [6.45, 7) is 3.89. The summed E-state index contributed by atoms with van der Waals surface area (Å²) >= 11 is 5.80. The van der Waals surface area contributed by atoms with Crippen LogP contribution in [0.4, 0.5) is 5.69 Å². The molecular weight excluding hydrogens is 308 g/mol. The third-order valence-electron chi connectivity index (χ3n) is 2.88. The van der Waals surface area contributed by atoms with E-state index in [0.717, 1.165) is 6.42 Å². The third kappa shape index (κ3) is 6.13. The van der Waals surface area contributed by atoms with Gasteiger partial charge in [0.2, 0.25) is 11.8 Å². The Labute approximate surface area is 133 Å². The zero-order valence-electron chi connectivity index (χ0n) is 12.5. The van der Waals surface area contributed by atoms with E-state index >= 15 is 0 Å². The van der Waals surface area contributed by atoms with Gasteiger partial charge in [-0.05, 0) is 30.5 Å². The van der Waals surface area contributed by atoms with E-state index in [1.54, 1.807) is 0 Å². The quantitative estimate of drug-likeness (QED) is 0.717. The van der Waals surface area contributed by atoms with E-state index in [9.17, 15) is 14.4 Å². The normalized spacial score (nSPS) is 10.4. The van der Waals surface area contributed by atoms with Crippen molar-refractivity contribution >= 4 is 35.1 Å². The van der Waals surface area contributed by atoms with Crippen LogP contribution < -0.4 is 10.6 Å². The maximum Gasteiger partial charge on any atom is 0.337 e. The molecule has 0 aliphatic rings. The van der Waals surface area contributed by atoms with Crippen LogP contribution in [0.2, 0.25) is 5.02 Å². The van der Waals surface area contributed by atoms with E-state index in [-0.39, 0.29) is 23.0 Å². The Morgan fingerprint density at radius 3 is 2.45 bits per heavy atom. The molecule has 0 unspecified atom stereocenters. The minimum Gasteiger partial charge on any atom is -0.478 e. The molecule has 1 rings (SSSR count). The predicted molar refractivity (Wildman–Crippen MR) is 84.1 cm³/mol. The summed E-state index contributed by atoms with van der Waals surface area (Å²) in [5.41, 5.74) is 0.332. The molecule has 3 N–H and O–H groups in total. The van der Waals surface area contributed by atoms with Crippen LogP contribution in [0.1, 0.15) is 37.0 Å².